The average molecular weight is 261 g/mol. The zero-order valence-corrected chi connectivity index (χ0v) is 11.1. The van der Waals surface area contributed by atoms with Crippen molar-refractivity contribution in [2.24, 2.45) is 0 Å². The molecule has 0 bridgehead atoms. The lowest BCUT2D eigenvalue weighted by molar-refractivity contribution is -0.129. The van der Waals surface area contributed by atoms with Gasteiger partial charge in [-0.05, 0) is 12.5 Å². The van der Waals surface area contributed by atoms with Crippen LogP contribution in [0.15, 0.2) is 33.6 Å². The average Bonchev–Trinajstić information content (AvgIpc) is 2.72. The third-order valence-electron chi connectivity index (χ3n) is 2.86. The minimum atomic E-state index is -0.631. The van der Waals surface area contributed by atoms with Gasteiger partial charge in [-0.15, -0.1) is 0 Å². The first-order valence-electron chi connectivity index (χ1n) is 5.83. The Labute approximate surface area is 110 Å². The van der Waals surface area contributed by atoms with Crippen molar-refractivity contribution in [3.63, 3.8) is 0 Å². The first-order valence-corrected chi connectivity index (χ1v) is 5.83. The largest absolute Gasteiger partial charge is 0.442 e. The fourth-order valence-electron chi connectivity index (χ4n) is 1.70. The number of rotatable bonds is 3. The number of aromatic nitrogens is 2. The number of benzene rings is 1. The number of hydrogen-bond acceptors (Lipinski definition) is 4. The number of carbonyl (C=O) groups is 1. The van der Waals surface area contributed by atoms with Gasteiger partial charge in [0.15, 0.2) is 5.82 Å². The normalized spacial score (nSPS) is 10.5. The van der Waals surface area contributed by atoms with Crippen LogP contribution in [0.25, 0.3) is 11.4 Å². The van der Waals surface area contributed by atoms with Crippen molar-refractivity contribution in [3.05, 3.63) is 40.4 Å². The molecule has 0 aliphatic rings. The van der Waals surface area contributed by atoms with Gasteiger partial charge in [0.2, 0.25) is 5.91 Å². The minimum Gasteiger partial charge on any atom is -0.347 e. The van der Waals surface area contributed by atoms with Crippen LogP contribution in [0.1, 0.15) is 5.56 Å². The summed E-state index contributed by atoms with van der Waals surface area (Å²) in [7, 11) is 3.27. The molecule has 6 heteroatoms. The summed E-state index contributed by atoms with van der Waals surface area (Å²) < 4.78 is 5.91. The molecule has 0 atom stereocenters. The summed E-state index contributed by atoms with van der Waals surface area (Å²) in [4.78, 5) is 24.8. The van der Waals surface area contributed by atoms with Crippen molar-refractivity contribution in [3.8, 4) is 11.4 Å². The molecule has 0 fully saturated rings. The summed E-state index contributed by atoms with van der Waals surface area (Å²) in [6, 6.07) is 7.49. The van der Waals surface area contributed by atoms with Gasteiger partial charge in [0, 0.05) is 19.7 Å². The van der Waals surface area contributed by atoms with Crippen LogP contribution in [0.3, 0.4) is 0 Å². The standard InChI is InChI=1S/C13H15N3O3/c1-9-6-4-5-7-10(9)12-14-19-13(18)16(12)8-11(17)15(2)3/h4-7H,8H2,1-3H3. The first-order chi connectivity index (χ1) is 9.00. The smallest absolute Gasteiger partial charge is 0.347 e. The number of amides is 1. The third-order valence-corrected chi connectivity index (χ3v) is 2.86. The first kappa shape index (κ1) is 13.1. The summed E-state index contributed by atoms with van der Waals surface area (Å²) in [5.41, 5.74) is 1.74. The Hall–Kier alpha value is -2.37. The van der Waals surface area contributed by atoms with Crippen molar-refractivity contribution in [1.29, 1.82) is 0 Å². The van der Waals surface area contributed by atoms with Gasteiger partial charge in [0.1, 0.15) is 6.54 Å². The SMILES string of the molecule is Cc1ccccc1-c1noc(=O)n1CC(=O)N(C)C. The van der Waals surface area contributed by atoms with E-state index in [1.807, 2.05) is 31.2 Å². The molecule has 1 aromatic heterocycles. The fraction of sp³-hybridized carbons (Fsp3) is 0.308. The van der Waals surface area contributed by atoms with Gasteiger partial charge in [-0.3, -0.25) is 9.32 Å². The van der Waals surface area contributed by atoms with E-state index in [-0.39, 0.29) is 12.5 Å². The fourth-order valence-corrected chi connectivity index (χ4v) is 1.70. The van der Waals surface area contributed by atoms with E-state index in [1.54, 1.807) is 14.1 Å². The molecule has 2 rings (SSSR count). The zero-order valence-electron chi connectivity index (χ0n) is 11.1. The molecule has 0 saturated carbocycles. The maximum Gasteiger partial charge on any atom is 0.442 e. The predicted molar refractivity (Wildman–Crippen MR) is 69.6 cm³/mol. The van der Waals surface area contributed by atoms with Gasteiger partial charge in [0.05, 0.1) is 0 Å². The van der Waals surface area contributed by atoms with Crippen LogP contribution >= 0.6 is 0 Å². The van der Waals surface area contributed by atoms with Gasteiger partial charge in [-0.25, -0.2) is 9.36 Å². The maximum absolute atomic E-state index is 11.7. The van der Waals surface area contributed by atoms with Crippen LogP contribution < -0.4 is 5.76 Å². The Bertz CT molecular complexity index is 655. The number of aryl methyl sites for hydroxylation is 1. The van der Waals surface area contributed by atoms with E-state index in [1.165, 1.54) is 9.47 Å². The van der Waals surface area contributed by atoms with E-state index in [0.717, 1.165) is 11.1 Å². The molecule has 0 spiro atoms. The summed E-state index contributed by atoms with van der Waals surface area (Å²) in [5, 5.41) is 3.76. The summed E-state index contributed by atoms with van der Waals surface area (Å²) >= 11 is 0. The van der Waals surface area contributed by atoms with Gasteiger partial charge < -0.3 is 4.90 Å². The highest BCUT2D eigenvalue weighted by Gasteiger charge is 2.17. The van der Waals surface area contributed by atoms with Gasteiger partial charge >= 0.3 is 5.76 Å². The second-order valence-corrected chi connectivity index (χ2v) is 4.46. The van der Waals surface area contributed by atoms with Crippen molar-refractivity contribution in [2.45, 2.75) is 13.5 Å². The Balaban J connectivity index is 2.47. The van der Waals surface area contributed by atoms with E-state index in [9.17, 15) is 9.59 Å². The number of nitrogens with zero attached hydrogens (tertiary/aromatic N) is 3. The second kappa shape index (κ2) is 5.09. The molecular weight excluding hydrogens is 246 g/mol. The molecule has 0 radical (unpaired) electrons. The van der Waals surface area contributed by atoms with Crippen molar-refractivity contribution in [1.82, 2.24) is 14.6 Å². The molecule has 0 saturated heterocycles. The van der Waals surface area contributed by atoms with Crippen LogP contribution in [0.4, 0.5) is 0 Å². The van der Waals surface area contributed by atoms with E-state index < -0.39 is 5.76 Å². The molecule has 0 unspecified atom stereocenters. The molecule has 0 N–H and O–H groups in total. The molecule has 1 amide bonds. The van der Waals surface area contributed by atoms with Crippen LogP contribution in [-0.4, -0.2) is 34.6 Å². The topological polar surface area (TPSA) is 68.3 Å². The van der Waals surface area contributed by atoms with Crippen LogP contribution in [0.5, 0.6) is 0 Å². The summed E-state index contributed by atoms with van der Waals surface area (Å²) in [6.07, 6.45) is 0. The van der Waals surface area contributed by atoms with Gasteiger partial charge in [-0.1, -0.05) is 29.4 Å². The Morgan fingerprint density at radius 3 is 2.68 bits per heavy atom. The quantitative estimate of drug-likeness (QED) is 0.823. The molecule has 6 nitrogen and oxygen atoms in total. The molecular formula is C13H15N3O3. The highest BCUT2D eigenvalue weighted by molar-refractivity contribution is 5.76. The third kappa shape index (κ3) is 2.57. The second-order valence-electron chi connectivity index (χ2n) is 4.46. The molecule has 0 aliphatic carbocycles. The van der Waals surface area contributed by atoms with E-state index in [4.69, 9.17) is 0 Å². The van der Waals surface area contributed by atoms with Crippen molar-refractivity contribution < 1.29 is 9.32 Å². The van der Waals surface area contributed by atoms with E-state index in [0.29, 0.717) is 5.82 Å². The lowest BCUT2D eigenvalue weighted by Gasteiger charge is -2.11. The van der Waals surface area contributed by atoms with E-state index in [2.05, 4.69) is 9.68 Å². The Morgan fingerprint density at radius 1 is 1.37 bits per heavy atom. The monoisotopic (exact) mass is 261 g/mol. The summed E-state index contributed by atoms with van der Waals surface area (Å²) in [5.74, 6) is -0.452. The van der Waals surface area contributed by atoms with Gasteiger partial charge in [-0.2, -0.15) is 0 Å². The summed E-state index contributed by atoms with van der Waals surface area (Å²) in [6.45, 7) is 1.82. The molecule has 1 aromatic carbocycles. The van der Waals surface area contributed by atoms with Crippen LogP contribution in [-0.2, 0) is 11.3 Å². The van der Waals surface area contributed by atoms with Crippen molar-refractivity contribution in [2.75, 3.05) is 14.1 Å². The minimum absolute atomic E-state index is 0.0843. The molecule has 2 aromatic rings. The highest BCUT2D eigenvalue weighted by atomic mass is 16.5. The molecule has 0 aliphatic heterocycles. The maximum atomic E-state index is 11.7. The molecule has 1 heterocycles. The predicted octanol–water partition coefficient (Wildman–Crippen LogP) is 0.900. The number of likely N-dealkylation sites (N-methyl/N-ethyl adjacent to an activating group) is 1. The van der Waals surface area contributed by atoms with Crippen molar-refractivity contribution >= 4 is 5.91 Å². The number of hydrogen-bond donors (Lipinski definition) is 0. The lowest BCUT2D eigenvalue weighted by Crippen LogP contribution is -2.30. The molecule has 100 valence electrons. The van der Waals surface area contributed by atoms with Gasteiger partial charge in [0.25, 0.3) is 0 Å². The number of carbonyl (C=O) groups excluding carboxylic acids is 1. The Kier molecular flexibility index (Phi) is 3.50. The lowest BCUT2D eigenvalue weighted by atomic mass is 10.1. The van der Waals surface area contributed by atoms with E-state index >= 15 is 0 Å². The highest BCUT2D eigenvalue weighted by Crippen LogP contribution is 2.19. The zero-order chi connectivity index (χ0) is 14.0. The van der Waals surface area contributed by atoms with Crippen LogP contribution in [0, 0.1) is 6.92 Å². The Morgan fingerprint density at radius 2 is 2.05 bits per heavy atom. The van der Waals surface area contributed by atoms with Crippen LogP contribution in [0.2, 0.25) is 0 Å². The molecule has 19 heavy (non-hydrogen) atoms.